The van der Waals surface area contributed by atoms with Crippen LogP contribution in [0.4, 0.5) is 0 Å². The molecule has 6 heteroatoms. The molecule has 0 aromatic carbocycles. The molecule has 456 valence electrons. The van der Waals surface area contributed by atoms with Crippen molar-refractivity contribution in [2.24, 2.45) is 0 Å². The van der Waals surface area contributed by atoms with Crippen molar-refractivity contribution in [2.45, 2.75) is 316 Å². The zero-order valence-electron chi connectivity index (χ0n) is 52.3. The molecule has 0 saturated heterocycles. The van der Waals surface area contributed by atoms with Gasteiger partial charge in [0.15, 0.2) is 6.10 Å². The van der Waals surface area contributed by atoms with Crippen molar-refractivity contribution >= 4 is 17.9 Å². The van der Waals surface area contributed by atoms with E-state index in [1.807, 2.05) is 0 Å². The highest BCUT2D eigenvalue weighted by atomic mass is 16.6. The first-order valence-electron chi connectivity index (χ1n) is 33.5. The van der Waals surface area contributed by atoms with E-state index < -0.39 is 6.10 Å². The molecule has 0 radical (unpaired) electrons. The number of esters is 3. The lowest BCUT2D eigenvalue weighted by atomic mass is 10.0. The van der Waals surface area contributed by atoms with E-state index in [0.717, 1.165) is 128 Å². The maximum atomic E-state index is 12.9. The molecule has 0 aliphatic rings. The Morgan fingerprint density at radius 3 is 0.762 bits per heavy atom. The predicted molar refractivity (Wildman–Crippen MR) is 348 cm³/mol. The molecule has 0 aliphatic heterocycles. The standard InChI is InChI=1S/C74H124O6/c1-4-7-10-13-16-18-20-22-24-26-28-30-32-34-35-36-37-38-39-41-42-44-46-48-50-52-54-56-58-61-64-67-73(76)79-70-71(69-78-72(75)66-63-60-15-12-9-6-3)80-74(77)68-65-62-59-57-55-53-51-49-47-45-43-40-33-31-29-27-25-23-21-19-17-14-11-8-5-2/h7-8,10-11,16-19,22-25,28-31,34-35,40,43,71H,4-6,9,12-15,20-21,26-27,32-33,36-39,41-42,44-70H2,1-3H3/b10-7-,11-8-,18-16-,19-17-,24-22-,25-23-,30-28-,31-29-,35-34-,43-40-. The second kappa shape index (κ2) is 67.3. The SMILES string of the molecule is CC/C=C\C/C=C\C/C=C\C/C=C\C/C=C\CCCCCCCCCCCCCCCCCC(=O)OCC(COC(=O)CCCCCCCC)OC(=O)CCCCCCCCCCC/C=C\C/C=C\C/C=C\C/C=C\C/C=C\CC. The summed E-state index contributed by atoms with van der Waals surface area (Å²) in [5.74, 6) is -0.889. The quantitative estimate of drug-likeness (QED) is 0.0261. The summed E-state index contributed by atoms with van der Waals surface area (Å²) in [6, 6.07) is 0. The van der Waals surface area contributed by atoms with Gasteiger partial charge in [-0.15, -0.1) is 0 Å². The molecule has 80 heavy (non-hydrogen) atoms. The van der Waals surface area contributed by atoms with Gasteiger partial charge in [-0.2, -0.15) is 0 Å². The van der Waals surface area contributed by atoms with E-state index >= 15 is 0 Å². The molecule has 0 saturated carbocycles. The summed E-state index contributed by atoms with van der Waals surface area (Å²) < 4.78 is 16.8. The molecule has 0 heterocycles. The highest BCUT2D eigenvalue weighted by Gasteiger charge is 2.19. The Kier molecular flexibility index (Phi) is 63.8. The van der Waals surface area contributed by atoms with Gasteiger partial charge in [0.1, 0.15) is 13.2 Å². The van der Waals surface area contributed by atoms with Crippen LogP contribution in [0.5, 0.6) is 0 Å². The van der Waals surface area contributed by atoms with Crippen LogP contribution in [0.25, 0.3) is 0 Å². The first-order chi connectivity index (χ1) is 39.5. The number of rotatable bonds is 60. The summed E-state index contributed by atoms with van der Waals surface area (Å²) in [5.41, 5.74) is 0. The lowest BCUT2D eigenvalue weighted by molar-refractivity contribution is -0.167. The topological polar surface area (TPSA) is 78.9 Å². The summed E-state index contributed by atoms with van der Waals surface area (Å²) in [6.07, 6.45) is 93.9. The summed E-state index contributed by atoms with van der Waals surface area (Å²) in [6.45, 7) is 6.37. The molecule has 0 aromatic rings. The van der Waals surface area contributed by atoms with E-state index in [1.165, 1.54) is 141 Å². The van der Waals surface area contributed by atoms with Crippen molar-refractivity contribution in [1.29, 1.82) is 0 Å². The van der Waals surface area contributed by atoms with Crippen LogP contribution in [0.15, 0.2) is 122 Å². The van der Waals surface area contributed by atoms with Crippen molar-refractivity contribution in [3.05, 3.63) is 122 Å². The zero-order chi connectivity index (χ0) is 57.8. The fourth-order valence-corrected chi connectivity index (χ4v) is 9.26. The Morgan fingerprint density at radius 1 is 0.263 bits per heavy atom. The van der Waals surface area contributed by atoms with Gasteiger partial charge in [0, 0.05) is 19.3 Å². The summed E-state index contributed by atoms with van der Waals surface area (Å²) in [4.78, 5) is 38.1. The first-order valence-corrected chi connectivity index (χ1v) is 33.5. The lowest BCUT2D eigenvalue weighted by Crippen LogP contribution is -2.30. The van der Waals surface area contributed by atoms with Crippen LogP contribution in [0.3, 0.4) is 0 Å². The molecule has 0 bridgehead atoms. The van der Waals surface area contributed by atoms with Gasteiger partial charge in [0.05, 0.1) is 0 Å². The van der Waals surface area contributed by atoms with Gasteiger partial charge >= 0.3 is 17.9 Å². The Bertz CT molecular complexity index is 1650. The molecule has 0 N–H and O–H groups in total. The van der Waals surface area contributed by atoms with E-state index in [-0.39, 0.29) is 31.1 Å². The van der Waals surface area contributed by atoms with E-state index in [0.29, 0.717) is 19.3 Å². The third kappa shape index (κ3) is 64.6. The van der Waals surface area contributed by atoms with Crippen LogP contribution in [0.2, 0.25) is 0 Å². The Labute approximate surface area is 494 Å². The maximum absolute atomic E-state index is 12.9. The summed E-state index contributed by atoms with van der Waals surface area (Å²) >= 11 is 0. The van der Waals surface area contributed by atoms with Gasteiger partial charge in [-0.1, -0.05) is 303 Å². The third-order valence-corrected chi connectivity index (χ3v) is 14.2. The predicted octanol–water partition coefficient (Wildman–Crippen LogP) is 23.2. The zero-order valence-corrected chi connectivity index (χ0v) is 52.3. The summed E-state index contributed by atoms with van der Waals surface area (Å²) in [5, 5.41) is 0. The van der Waals surface area contributed by atoms with Gasteiger partial charge in [-0.3, -0.25) is 14.4 Å². The molecule has 1 unspecified atom stereocenters. The minimum atomic E-state index is -0.780. The van der Waals surface area contributed by atoms with Crippen molar-refractivity contribution in [3.8, 4) is 0 Å². The van der Waals surface area contributed by atoms with Crippen LogP contribution in [0.1, 0.15) is 310 Å². The Hall–Kier alpha value is -4.19. The average molecular weight is 1110 g/mol. The van der Waals surface area contributed by atoms with Crippen molar-refractivity contribution in [3.63, 3.8) is 0 Å². The normalized spacial score (nSPS) is 12.9. The van der Waals surface area contributed by atoms with Gasteiger partial charge in [-0.25, -0.2) is 0 Å². The molecular weight excluding hydrogens is 985 g/mol. The van der Waals surface area contributed by atoms with Gasteiger partial charge in [-0.05, 0) is 109 Å². The van der Waals surface area contributed by atoms with E-state index in [9.17, 15) is 14.4 Å². The second-order valence-electron chi connectivity index (χ2n) is 22.0. The van der Waals surface area contributed by atoms with E-state index in [4.69, 9.17) is 14.2 Å². The maximum Gasteiger partial charge on any atom is 0.306 e. The number of unbranched alkanes of at least 4 members (excludes halogenated alkanes) is 29. The minimum absolute atomic E-state index is 0.0797. The fraction of sp³-hybridized carbons (Fsp3) is 0.689. The number of hydrogen-bond donors (Lipinski definition) is 0. The molecule has 0 aromatic heterocycles. The molecule has 0 rings (SSSR count). The average Bonchev–Trinajstić information content (AvgIpc) is 3.46. The van der Waals surface area contributed by atoms with Crippen molar-refractivity contribution < 1.29 is 28.6 Å². The summed E-state index contributed by atoms with van der Waals surface area (Å²) in [7, 11) is 0. The molecule has 0 aliphatic carbocycles. The van der Waals surface area contributed by atoms with Gasteiger partial charge < -0.3 is 14.2 Å². The highest BCUT2D eigenvalue weighted by molar-refractivity contribution is 5.71. The van der Waals surface area contributed by atoms with E-state index in [1.54, 1.807) is 0 Å². The molecule has 6 nitrogen and oxygen atoms in total. The molecule has 0 fully saturated rings. The minimum Gasteiger partial charge on any atom is -0.462 e. The Morgan fingerprint density at radius 2 is 0.487 bits per heavy atom. The number of hydrogen-bond acceptors (Lipinski definition) is 6. The number of ether oxygens (including phenoxy) is 3. The fourth-order valence-electron chi connectivity index (χ4n) is 9.26. The monoisotopic (exact) mass is 1110 g/mol. The Balaban J connectivity index is 4.06. The first kappa shape index (κ1) is 75.8. The van der Waals surface area contributed by atoms with Crippen LogP contribution in [-0.2, 0) is 28.6 Å². The van der Waals surface area contributed by atoms with E-state index in [2.05, 4.69) is 142 Å². The molecule has 0 spiro atoms. The van der Waals surface area contributed by atoms with Crippen LogP contribution in [-0.4, -0.2) is 37.2 Å². The molecule has 0 amide bonds. The van der Waals surface area contributed by atoms with Gasteiger partial charge in [0.2, 0.25) is 0 Å². The van der Waals surface area contributed by atoms with Crippen molar-refractivity contribution in [1.82, 2.24) is 0 Å². The number of carbonyl (C=O) groups is 3. The lowest BCUT2D eigenvalue weighted by Gasteiger charge is -2.18. The highest BCUT2D eigenvalue weighted by Crippen LogP contribution is 2.17. The third-order valence-electron chi connectivity index (χ3n) is 14.2. The largest absolute Gasteiger partial charge is 0.462 e. The number of carbonyl (C=O) groups excluding carboxylic acids is 3. The number of allylic oxidation sites excluding steroid dienone is 20. The van der Waals surface area contributed by atoms with Crippen molar-refractivity contribution in [2.75, 3.05) is 13.2 Å². The van der Waals surface area contributed by atoms with Gasteiger partial charge in [0.25, 0.3) is 0 Å². The smallest absolute Gasteiger partial charge is 0.306 e. The van der Waals surface area contributed by atoms with Crippen LogP contribution in [0, 0.1) is 0 Å². The molecular formula is C74H124O6. The second-order valence-corrected chi connectivity index (χ2v) is 22.0. The van der Waals surface area contributed by atoms with Crippen LogP contribution < -0.4 is 0 Å². The van der Waals surface area contributed by atoms with Crippen LogP contribution >= 0.6 is 0 Å². The molecule has 1 atom stereocenters.